The molecule has 0 aromatic heterocycles. The minimum atomic E-state index is -0.273. The Bertz CT molecular complexity index is 625. The maximum atomic E-state index is 13.0. The summed E-state index contributed by atoms with van der Waals surface area (Å²) in [6.07, 6.45) is 0. The van der Waals surface area contributed by atoms with Crippen LogP contribution in [0.2, 0.25) is 0 Å². The molecule has 0 fully saturated rings. The van der Waals surface area contributed by atoms with E-state index in [0.717, 1.165) is 9.13 Å². The highest BCUT2D eigenvalue weighted by molar-refractivity contribution is 14.1. The van der Waals surface area contributed by atoms with Crippen molar-refractivity contribution in [2.24, 2.45) is 5.92 Å². The Labute approximate surface area is 137 Å². The number of nitrogens with one attached hydrogen (secondary N) is 1. The third kappa shape index (κ3) is 4.03. The van der Waals surface area contributed by atoms with Crippen molar-refractivity contribution in [2.45, 2.75) is 19.9 Å². The highest BCUT2D eigenvalue weighted by Gasteiger charge is 2.20. The van der Waals surface area contributed by atoms with Gasteiger partial charge in [0.15, 0.2) is 0 Å². The van der Waals surface area contributed by atoms with E-state index in [9.17, 15) is 9.18 Å². The van der Waals surface area contributed by atoms with E-state index in [1.807, 2.05) is 32.0 Å². The lowest BCUT2D eigenvalue weighted by Crippen LogP contribution is -2.32. The molecule has 0 spiro atoms. The lowest BCUT2D eigenvalue weighted by Gasteiger charge is -2.23. The highest BCUT2D eigenvalue weighted by Crippen LogP contribution is 2.23. The van der Waals surface area contributed by atoms with Gasteiger partial charge >= 0.3 is 0 Å². The Morgan fingerprint density at radius 2 is 1.71 bits per heavy atom. The molecule has 0 heterocycles. The SMILES string of the molecule is CC(C)[C@H](NC(=O)c1ccccc1I)c1ccc(F)cc1. The molecule has 0 bridgehead atoms. The molecule has 0 saturated carbocycles. The molecule has 1 atom stereocenters. The zero-order valence-corrected chi connectivity index (χ0v) is 14.1. The van der Waals surface area contributed by atoms with Crippen LogP contribution in [0, 0.1) is 15.3 Å². The van der Waals surface area contributed by atoms with Gasteiger partial charge in [-0.1, -0.05) is 38.1 Å². The smallest absolute Gasteiger partial charge is 0.252 e. The molecular weight excluding hydrogens is 380 g/mol. The fourth-order valence-electron chi connectivity index (χ4n) is 2.17. The normalized spacial score (nSPS) is 12.2. The van der Waals surface area contributed by atoms with Crippen molar-refractivity contribution < 1.29 is 9.18 Å². The van der Waals surface area contributed by atoms with Crippen molar-refractivity contribution >= 4 is 28.5 Å². The largest absolute Gasteiger partial charge is 0.345 e. The average molecular weight is 397 g/mol. The van der Waals surface area contributed by atoms with Crippen molar-refractivity contribution in [3.8, 4) is 0 Å². The van der Waals surface area contributed by atoms with Crippen LogP contribution in [0.3, 0.4) is 0 Å². The third-order valence-electron chi connectivity index (χ3n) is 3.30. The predicted octanol–water partition coefficient (Wildman–Crippen LogP) is 4.56. The zero-order chi connectivity index (χ0) is 15.4. The molecule has 2 aromatic rings. The minimum absolute atomic E-state index is 0.108. The molecule has 0 unspecified atom stereocenters. The van der Waals surface area contributed by atoms with E-state index in [1.165, 1.54) is 12.1 Å². The fourth-order valence-corrected chi connectivity index (χ4v) is 2.80. The van der Waals surface area contributed by atoms with Crippen LogP contribution in [0.4, 0.5) is 4.39 Å². The topological polar surface area (TPSA) is 29.1 Å². The van der Waals surface area contributed by atoms with Crippen molar-refractivity contribution in [2.75, 3.05) is 0 Å². The molecule has 2 nitrogen and oxygen atoms in total. The summed E-state index contributed by atoms with van der Waals surface area (Å²) >= 11 is 2.15. The first-order valence-corrected chi connectivity index (χ1v) is 7.87. The number of carbonyl (C=O) groups is 1. The van der Waals surface area contributed by atoms with Crippen LogP contribution >= 0.6 is 22.6 Å². The first kappa shape index (κ1) is 15.9. The molecule has 4 heteroatoms. The van der Waals surface area contributed by atoms with Gasteiger partial charge in [-0.3, -0.25) is 4.79 Å². The van der Waals surface area contributed by atoms with Crippen LogP contribution in [0.1, 0.15) is 35.8 Å². The van der Waals surface area contributed by atoms with E-state index in [1.54, 1.807) is 18.2 Å². The van der Waals surface area contributed by atoms with Gasteiger partial charge < -0.3 is 5.32 Å². The zero-order valence-electron chi connectivity index (χ0n) is 11.9. The molecule has 0 saturated heterocycles. The van der Waals surface area contributed by atoms with E-state index in [-0.39, 0.29) is 23.7 Å². The van der Waals surface area contributed by atoms with Crippen molar-refractivity contribution in [3.05, 3.63) is 69.0 Å². The molecule has 0 aliphatic carbocycles. The van der Waals surface area contributed by atoms with Gasteiger partial charge in [0.05, 0.1) is 11.6 Å². The second-order valence-corrected chi connectivity index (χ2v) is 6.39. The van der Waals surface area contributed by atoms with E-state index in [4.69, 9.17) is 0 Å². The summed E-state index contributed by atoms with van der Waals surface area (Å²) in [5, 5.41) is 3.04. The maximum Gasteiger partial charge on any atom is 0.252 e. The number of hydrogen-bond acceptors (Lipinski definition) is 1. The Morgan fingerprint density at radius 1 is 1.10 bits per heavy atom. The standard InChI is InChI=1S/C17H17FINO/c1-11(2)16(12-7-9-13(18)10-8-12)20-17(21)14-5-3-4-6-15(14)19/h3-11,16H,1-2H3,(H,20,21)/t16-/m0/s1. The van der Waals surface area contributed by atoms with E-state index >= 15 is 0 Å². The lowest BCUT2D eigenvalue weighted by atomic mass is 9.95. The predicted molar refractivity (Wildman–Crippen MR) is 90.6 cm³/mol. The van der Waals surface area contributed by atoms with Gasteiger partial charge in [0.1, 0.15) is 5.82 Å². The Hall–Kier alpha value is -1.43. The summed E-state index contributed by atoms with van der Waals surface area (Å²) in [6, 6.07) is 13.6. The van der Waals surface area contributed by atoms with E-state index in [2.05, 4.69) is 27.9 Å². The second kappa shape index (κ2) is 7.02. The summed E-state index contributed by atoms with van der Waals surface area (Å²) < 4.78 is 14.0. The molecule has 0 aliphatic rings. The average Bonchev–Trinajstić information content (AvgIpc) is 2.46. The minimum Gasteiger partial charge on any atom is -0.345 e. The maximum absolute atomic E-state index is 13.0. The van der Waals surface area contributed by atoms with Crippen molar-refractivity contribution in [1.29, 1.82) is 0 Å². The van der Waals surface area contributed by atoms with E-state index < -0.39 is 0 Å². The van der Waals surface area contributed by atoms with Crippen LogP contribution < -0.4 is 5.32 Å². The molecular formula is C17H17FINO. The summed E-state index contributed by atoms with van der Waals surface area (Å²) in [7, 11) is 0. The summed E-state index contributed by atoms with van der Waals surface area (Å²) in [5.74, 6) is -0.172. The lowest BCUT2D eigenvalue weighted by molar-refractivity contribution is 0.0924. The first-order valence-electron chi connectivity index (χ1n) is 6.80. The van der Waals surface area contributed by atoms with Gasteiger partial charge in [-0.25, -0.2) is 4.39 Å². The van der Waals surface area contributed by atoms with Crippen molar-refractivity contribution in [1.82, 2.24) is 5.32 Å². The van der Waals surface area contributed by atoms with Crippen LogP contribution in [-0.2, 0) is 0 Å². The monoisotopic (exact) mass is 397 g/mol. The van der Waals surface area contributed by atoms with Gasteiger partial charge in [-0.2, -0.15) is 0 Å². The number of rotatable bonds is 4. The molecule has 0 radical (unpaired) electrons. The number of hydrogen-bond donors (Lipinski definition) is 1. The van der Waals surface area contributed by atoms with Crippen LogP contribution in [-0.4, -0.2) is 5.91 Å². The molecule has 2 aromatic carbocycles. The van der Waals surface area contributed by atoms with Gasteiger partial charge in [0.25, 0.3) is 5.91 Å². The van der Waals surface area contributed by atoms with Crippen LogP contribution in [0.25, 0.3) is 0 Å². The van der Waals surface area contributed by atoms with E-state index in [0.29, 0.717) is 5.56 Å². The van der Waals surface area contributed by atoms with Gasteiger partial charge in [0, 0.05) is 3.57 Å². The second-order valence-electron chi connectivity index (χ2n) is 5.23. The molecule has 1 amide bonds. The van der Waals surface area contributed by atoms with Gasteiger partial charge in [0.2, 0.25) is 0 Å². The van der Waals surface area contributed by atoms with Gasteiger partial charge in [-0.15, -0.1) is 0 Å². The molecule has 0 aliphatic heterocycles. The number of halogens is 2. The summed E-state index contributed by atoms with van der Waals surface area (Å²) in [6.45, 7) is 4.06. The molecule has 1 N–H and O–H groups in total. The quantitative estimate of drug-likeness (QED) is 0.754. The number of benzene rings is 2. The fraction of sp³-hybridized carbons (Fsp3) is 0.235. The van der Waals surface area contributed by atoms with Crippen LogP contribution in [0.15, 0.2) is 48.5 Å². The van der Waals surface area contributed by atoms with Crippen LogP contribution in [0.5, 0.6) is 0 Å². The molecule has 110 valence electrons. The first-order chi connectivity index (χ1) is 9.99. The number of carbonyl (C=O) groups excluding carboxylic acids is 1. The van der Waals surface area contributed by atoms with Gasteiger partial charge in [-0.05, 0) is 58.3 Å². The highest BCUT2D eigenvalue weighted by atomic mass is 127. The molecule has 21 heavy (non-hydrogen) atoms. The number of amides is 1. The molecule has 2 rings (SSSR count). The van der Waals surface area contributed by atoms with Crippen molar-refractivity contribution in [3.63, 3.8) is 0 Å². The Balaban J connectivity index is 2.23. The summed E-state index contributed by atoms with van der Waals surface area (Å²) in [4.78, 5) is 12.4. The Morgan fingerprint density at radius 3 is 2.29 bits per heavy atom. The summed E-state index contributed by atoms with van der Waals surface area (Å²) in [5.41, 5.74) is 1.57. The Kier molecular flexibility index (Phi) is 5.33. The third-order valence-corrected chi connectivity index (χ3v) is 4.24.